The fourth-order valence-corrected chi connectivity index (χ4v) is 3.23. The van der Waals surface area contributed by atoms with E-state index in [9.17, 15) is 5.11 Å². The molecule has 2 rings (SSSR count). The maximum absolute atomic E-state index is 10.3. The molecule has 22 heavy (non-hydrogen) atoms. The van der Waals surface area contributed by atoms with Crippen LogP contribution in [-0.2, 0) is 0 Å². The first kappa shape index (κ1) is 17.3. The van der Waals surface area contributed by atoms with Gasteiger partial charge in [0.05, 0.1) is 0 Å². The van der Waals surface area contributed by atoms with Gasteiger partial charge in [-0.15, -0.1) is 0 Å². The molecule has 1 aliphatic heterocycles. The fourth-order valence-electron chi connectivity index (χ4n) is 3.23. The van der Waals surface area contributed by atoms with Crippen LogP contribution in [0.4, 0.5) is 0 Å². The van der Waals surface area contributed by atoms with E-state index in [1.807, 2.05) is 0 Å². The van der Waals surface area contributed by atoms with Crippen LogP contribution in [0, 0.1) is 12.8 Å². The highest BCUT2D eigenvalue weighted by Crippen LogP contribution is 2.27. The summed E-state index contributed by atoms with van der Waals surface area (Å²) in [6.45, 7) is 12.0. The van der Waals surface area contributed by atoms with Gasteiger partial charge in [-0.2, -0.15) is 0 Å². The number of hydrogen-bond acceptors (Lipinski definition) is 3. The van der Waals surface area contributed by atoms with Crippen LogP contribution in [0.2, 0.25) is 0 Å². The number of aryl methyl sites for hydroxylation is 1. The number of likely N-dealkylation sites (tertiary alicyclic amines) is 1. The Morgan fingerprint density at radius 2 is 2.14 bits per heavy atom. The summed E-state index contributed by atoms with van der Waals surface area (Å²) in [5, 5.41) is 10.3. The zero-order chi connectivity index (χ0) is 16.1. The molecule has 1 saturated heterocycles. The smallest absolute Gasteiger partial charge is 0.123 e. The number of ether oxygens (including phenoxy) is 1. The van der Waals surface area contributed by atoms with Crippen LogP contribution in [0.5, 0.6) is 5.75 Å². The molecule has 2 atom stereocenters. The van der Waals surface area contributed by atoms with Crippen LogP contribution < -0.4 is 4.74 Å². The molecule has 0 bridgehead atoms. The van der Waals surface area contributed by atoms with Crippen LogP contribution in [0.25, 0.3) is 0 Å². The average Bonchev–Trinajstić information content (AvgIpc) is 2.45. The first-order valence-corrected chi connectivity index (χ1v) is 8.59. The fraction of sp³-hybridized carbons (Fsp3) is 0.684. The van der Waals surface area contributed by atoms with Gasteiger partial charge in [0, 0.05) is 13.1 Å². The maximum atomic E-state index is 10.3. The Morgan fingerprint density at radius 1 is 1.36 bits per heavy atom. The molecule has 0 amide bonds. The van der Waals surface area contributed by atoms with Crippen LogP contribution in [-0.4, -0.2) is 42.4 Å². The van der Waals surface area contributed by atoms with Crippen molar-refractivity contribution in [3.05, 3.63) is 29.3 Å². The Hall–Kier alpha value is -1.06. The van der Waals surface area contributed by atoms with Gasteiger partial charge in [-0.25, -0.2) is 0 Å². The number of nitrogens with zero attached hydrogens (tertiary/aromatic N) is 1. The molecular formula is C19H31NO2. The largest absolute Gasteiger partial charge is 0.491 e. The van der Waals surface area contributed by atoms with E-state index < -0.39 is 6.10 Å². The molecule has 1 heterocycles. The van der Waals surface area contributed by atoms with Crippen molar-refractivity contribution in [3.8, 4) is 5.75 Å². The zero-order valence-corrected chi connectivity index (χ0v) is 14.5. The Morgan fingerprint density at radius 3 is 2.82 bits per heavy atom. The van der Waals surface area contributed by atoms with Crippen molar-refractivity contribution in [3.63, 3.8) is 0 Å². The molecule has 3 nitrogen and oxygen atoms in total. The molecule has 1 fully saturated rings. The lowest BCUT2D eigenvalue weighted by Gasteiger charge is -2.32. The molecule has 0 radical (unpaired) electrons. The summed E-state index contributed by atoms with van der Waals surface area (Å²) in [6, 6.07) is 6.33. The third kappa shape index (κ3) is 4.99. The van der Waals surface area contributed by atoms with Crippen LogP contribution in [0.1, 0.15) is 50.7 Å². The predicted octanol–water partition coefficient (Wildman–Crippen LogP) is 3.59. The number of aliphatic hydroxyl groups excluding tert-OH is 1. The molecular weight excluding hydrogens is 274 g/mol. The monoisotopic (exact) mass is 305 g/mol. The molecule has 0 unspecified atom stereocenters. The van der Waals surface area contributed by atoms with Crippen molar-refractivity contribution in [1.82, 2.24) is 4.90 Å². The van der Waals surface area contributed by atoms with Gasteiger partial charge in [-0.1, -0.05) is 32.9 Å². The quantitative estimate of drug-likeness (QED) is 0.872. The van der Waals surface area contributed by atoms with Gasteiger partial charge in [0.25, 0.3) is 0 Å². The number of hydrogen-bond donors (Lipinski definition) is 1. The second-order valence-corrected chi connectivity index (χ2v) is 7.17. The van der Waals surface area contributed by atoms with E-state index in [0.717, 1.165) is 24.8 Å². The lowest BCUT2D eigenvalue weighted by molar-refractivity contribution is 0.0534. The summed E-state index contributed by atoms with van der Waals surface area (Å²) >= 11 is 0. The molecule has 0 aliphatic carbocycles. The van der Waals surface area contributed by atoms with Gasteiger partial charge in [-0.05, 0) is 55.3 Å². The highest BCUT2D eigenvalue weighted by atomic mass is 16.5. The third-order valence-corrected chi connectivity index (χ3v) is 4.43. The molecule has 1 aliphatic rings. The van der Waals surface area contributed by atoms with E-state index in [2.05, 4.69) is 50.8 Å². The van der Waals surface area contributed by atoms with Crippen molar-refractivity contribution in [1.29, 1.82) is 0 Å². The van der Waals surface area contributed by atoms with E-state index in [1.165, 1.54) is 24.0 Å². The van der Waals surface area contributed by atoms with E-state index in [1.54, 1.807) is 0 Å². The van der Waals surface area contributed by atoms with Gasteiger partial charge >= 0.3 is 0 Å². The van der Waals surface area contributed by atoms with Gasteiger partial charge < -0.3 is 14.7 Å². The molecule has 1 aromatic rings. The highest BCUT2D eigenvalue weighted by molar-refractivity contribution is 5.39. The van der Waals surface area contributed by atoms with Crippen LogP contribution in [0.3, 0.4) is 0 Å². The Labute approximate surface area is 135 Å². The van der Waals surface area contributed by atoms with Crippen molar-refractivity contribution in [2.75, 3.05) is 26.2 Å². The molecule has 0 aromatic heterocycles. The van der Waals surface area contributed by atoms with Gasteiger partial charge in [0.15, 0.2) is 0 Å². The van der Waals surface area contributed by atoms with Gasteiger partial charge in [0.1, 0.15) is 18.5 Å². The standard InChI is InChI=1S/C19H31NO2/c1-14(2)18-8-7-15(3)10-19(18)22-13-17(21)12-20-9-5-6-16(4)11-20/h7-8,10,14,16-17,21H,5-6,9,11-13H2,1-4H3/t16-,17-/m1/s1. The number of benzene rings is 1. The minimum absolute atomic E-state index is 0.369. The number of β-amino-alcohol motifs (C(OH)–C–C–N with tert-alkyl or cyclic N) is 1. The first-order valence-electron chi connectivity index (χ1n) is 8.59. The van der Waals surface area contributed by atoms with Crippen molar-refractivity contribution < 1.29 is 9.84 Å². The second-order valence-electron chi connectivity index (χ2n) is 7.17. The molecule has 1 aromatic carbocycles. The minimum atomic E-state index is -0.425. The summed E-state index contributed by atoms with van der Waals surface area (Å²) in [7, 11) is 0. The molecule has 0 saturated carbocycles. The summed E-state index contributed by atoms with van der Waals surface area (Å²) in [5.74, 6) is 2.09. The Bertz CT molecular complexity index is 473. The van der Waals surface area contributed by atoms with E-state index in [-0.39, 0.29) is 0 Å². The van der Waals surface area contributed by atoms with E-state index >= 15 is 0 Å². The Kier molecular flexibility index (Phi) is 6.27. The van der Waals surface area contributed by atoms with E-state index in [4.69, 9.17) is 4.74 Å². The average molecular weight is 305 g/mol. The SMILES string of the molecule is Cc1ccc(C(C)C)c(OC[C@H](O)CN2CCC[C@@H](C)C2)c1. The Balaban J connectivity index is 1.88. The van der Waals surface area contributed by atoms with Gasteiger partial charge in [-0.3, -0.25) is 0 Å². The lowest BCUT2D eigenvalue weighted by Crippen LogP contribution is -2.41. The molecule has 124 valence electrons. The predicted molar refractivity (Wildman–Crippen MR) is 91.6 cm³/mol. The number of piperidine rings is 1. The topological polar surface area (TPSA) is 32.7 Å². The zero-order valence-electron chi connectivity index (χ0n) is 14.5. The summed E-state index contributed by atoms with van der Waals surface area (Å²) < 4.78 is 5.93. The van der Waals surface area contributed by atoms with Crippen LogP contribution in [0.15, 0.2) is 18.2 Å². The van der Waals surface area contributed by atoms with Crippen molar-refractivity contribution in [2.24, 2.45) is 5.92 Å². The second kappa shape index (κ2) is 7.98. The lowest BCUT2D eigenvalue weighted by atomic mass is 10.00. The maximum Gasteiger partial charge on any atom is 0.123 e. The molecule has 3 heteroatoms. The summed E-state index contributed by atoms with van der Waals surface area (Å²) in [5.41, 5.74) is 2.41. The normalized spacial score (nSPS) is 21.1. The van der Waals surface area contributed by atoms with Gasteiger partial charge in [0.2, 0.25) is 0 Å². The first-order chi connectivity index (χ1) is 10.5. The number of aliphatic hydroxyl groups is 1. The molecule has 0 spiro atoms. The summed E-state index contributed by atoms with van der Waals surface area (Å²) in [4.78, 5) is 2.36. The van der Waals surface area contributed by atoms with Crippen molar-refractivity contribution >= 4 is 0 Å². The highest BCUT2D eigenvalue weighted by Gasteiger charge is 2.19. The summed E-state index contributed by atoms with van der Waals surface area (Å²) in [6.07, 6.45) is 2.12. The third-order valence-electron chi connectivity index (χ3n) is 4.43. The molecule has 1 N–H and O–H groups in total. The number of rotatable bonds is 6. The van der Waals surface area contributed by atoms with Crippen molar-refractivity contribution in [2.45, 2.75) is 52.6 Å². The van der Waals surface area contributed by atoms with E-state index in [0.29, 0.717) is 19.1 Å². The minimum Gasteiger partial charge on any atom is -0.491 e. The van der Waals surface area contributed by atoms with Crippen LogP contribution >= 0.6 is 0 Å².